The van der Waals surface area contributed by atoms with Crippen molar-refractivity contribution < 1.29 is 9.53 Å². The van der Waals surface area contributed by atoms with Gasteiger partial charge in [0.25, 0.3) is 0 Å². The molecule has 0 radical (unpaired) electrons. The smallest absolute Gasteiger partial charge is 0.311 e. The molecule has 0 aliphatic carbocycles. The van der Waals surface area contributed by atoms with Crippen LogP contribution in [0.1, 0.15) is 38.2 Å². The van der Waals surface area contributed by atoms with E-state index in [0.29, 0.717) is 18.3 Å². The predicted octanol–water partition coefficient (Wildman–Crippen LogP) is 3.13. The SMILES string of the molecule is CC(C)CC1CC(=O)Oc2ccccc21. The van der Waals surface area contributed by atoms with Crippen LogP contribution < -0.4 is 4.74 Å². The van der Waals surface area contributed by atoms with Crippen molar-refractivity contribution in [2.45, 2.75) is 32.6 Å². The number of fused-ring (bicyclic) bond motifs is 1. The maximum absolute atomic E-state index is 11.4. The minimum Gasteiger partial charge on any atom is -0.426 e. The quantitative estimate of drug-likeness (QED) is 0.546. The summed E-state index contributed by atoms with van der Waals surface area (Å²) in [7, 11) is 0. The molecule has 0 bridgehead atoms. The Morgan fingerprint density at radius 2 is 2.13 bits per heavy atom. The highest BCUT2D eigenvalue weighted by Crippen LogP contribution is 2.37. The Morgan fingerprint density at radius 1 is 1.40 bits per heavy atom. The molecule has 0 saturated heterocycles. The van der Waals surface area contributed by atoms with Gasteiger partial charge in [0, 0.05) is 0 Å². The minimum absolute atomic E-state index is 0.0978. The van der Waals surface area contributed by atoms with Crippen molar-refractivity contribution in [2.24, 2.45) is 5.92 Å². The highest BCUT2D eigenvalue weighted by Gasteiger charge is 2.26. The maximum atomic E-state index is 11.4. The number of hydrogen-bond donors (Lipinski definition) is 0. The average Bonchev–Trinajstić information content (AvgIpc) is 2.16. The molecule has 0 aromatic heterocycles. The van der Waals surface area contributed by atoms with Gasteiger partial charge in [-0.2, -0.15) is 0 Å². The van der Waals surface area contributed by atoms with Crippen molar-refractivity contribution in [1.29, 1.82) is 0 Å². The molecule has 1 heterocycles. The first-order valence-corrected chi connectivity index (χ1v) is 5.46. The molecule has 15 heavy (non-hydrogen) atoms. The van der Waals surface area contributed by atoms with Gasteiger partial charge in [-0.25, -0.2) is 0 Å². The van der Waals surface area contributed by atoms with Gasteiger partial charge < -0.3 is 4.74 Å². The predicted molar refractivity (Wildman–Crippen MR) is 58.9 cm³/mol. The van der Waals surface area contributed by atoms with E-state index in [4.69, 9.17) is 4.74 Å². The Morgan fingerprint density at radius 3 is 2.87 bits per heavy atom. The summed E-state index contributed by atoms with van der Waals surface area (Å²) in [5.41, 5.74) is 1.19. The van der Waals surface area contributed by atoms with E-state index in [0.717, 1.165) is 12.2 Å². The Hall–Kier alpha value is -1.31. The van der Waals surface area contributed by atoms with Gasteiger partial charge in [-0.15, -0.1) is 0 Å². The molecule has 0 amide bonds. The van der Waals surface area contributed by atoms with Gasteiger partial charge in [0.2, 0.25) is 0 Å². The number of esters is 1. The Balaban J connectivity index is 2.30. The number of ether oxygens (including phenoxy) is 1. The van der Waals surface area contributed by atoms with E-state index in [9.17, 15) is 4.79 Å². The van der Waals surface area contributed by atoms with Crippen LogP contribution >= 0.6 is 0 Å². The summed E-state index contributed by atoms with van der Waals surface area (Å²) >= 11 is 0. The molecule has 2 heteroatoms. The van der Waals surface area contributed by atoms with E-state index in [1.165, 1.54) is 5.56 Å². The second-order valence-electron chi connectivity index (χ2n) is 4.54. The molecule has 0 fully saturated rings. The van der Waals surface area contributed by atoms with Gasteiger partial charge in [-0.3, -0.25) is 4.79 Å². The van der Waals surface area contributed by atoms with Crippen LogP contribution in [0.4, 0.5) is 0 Å². The van der Waals surface area contributed by atoms with E-state index in [2.05, 4.69) is 19.9 Å². The third-order valence-corrected chi connectivity index (χ3v) is 2.75. The van der Waals surface area contributed by atoms with Crippen molar-refractivity contribution in [1.82, 2.24) is 0 Å². The van der Waals surface area contributed by atoms with Crippen LogP contribution in [0.25, 0.3) is 0 Å². The van der Waals surface area contributed by atoms with Crippen molar-refractivity contribution in [3.63, 3.8) is 0 Å². The first-order valence-electron chi connectivity index (χ1n) is 5.46. The summed E-state index contributed by atoms with van der Waals surface area (Å²) < 4.78 is 5.20. The zero-order valence-electron chi connectivity index (χ0n) is 9.19. The number of benzene rings is 1. The van der Waals surface area contributed by atoms with E-state index in [1.54, 1.807) is 0 Å². The highest BCUT2D eigenvalue weighted by atomic mass is 16.5. The first kappa shape index (κ1) is 10.2. The molecule has 1 aromatic rings. The van der Waals surface area contributed by atoms with Crippen molar-refractivity contribution in [2.75, 3.05) is 0 Å². The number of carbonyl (C=O) groups excluding carboxylic acids is 1. The van der Waals surface area contributed by atoms with E-state index >= 15 is 0 Å². The van der Waals surface area contributed by atoms with E-state index in [1.807, 2.05) is 18.2 Å². The normalized spacial score (nSPS) is 19.9. The molecule has 0 N–H and O–H groups in total. The number of carbonyl (C=O) groups is 1. The standard InChI is InChI=1S/C13H16O2/c1-9(2)7-10-8-13(14)15-12-6-4-3-5-11(10)12/h3-6,9-10H,7-8H2,1-2H3. The lowest BCUT2D eigenvalue weighted by Gasteiger charge is -2.25. The van der Waals surface area contributed by atoms with Crippen LogP contribution in [-0.2, 0) is 4.79 Å². The van der Waals surface area contributed by atoms with E-state index < -0.39 is 0 Å². The summed E-state index contributed by atoms with van der Waals surface area (Å²) in [5, 5.41) is 0. The fraction of sp³-hybridized carbons (Fsp3) is 0.462. The highest BCUT2D eigenvalue weighted by molar-refractivity contribution is 5.76. The zero-order valence-corrected chi connectivity index (χ0v) is 9.19. The second kappa shape index (κ2) is 4.05. The van der Waals surface area contributed by atoms with Crippen molar-refractivity contribution in [3.8, 4) is 5.75 Å². The molecule has 0 spiro atoms. The second-order valence-corrected chi connectivity index (χ2v) is 4.54. The van der Waals surface area contributed by atoms with Crippen molar-refractivity contribution in [3.05, 3.63) is 29.8 Å². The molecule has 2 rings (SSSR count). The van der Waals surface area contributed by atoms with Crippen LogP contribution in [-0.4, -0.2) is 5.97 Å². The lowest BCUT2D eigenvalue weighted by atomic mass is 9.86. The topological polar surface area (TPSA) is 26.3 Å². The summed E-state index contributed by atoms with van der Waals surface area (Å²) in [6.45, 7) is 4.37. The van der Waals surface area contributed by atoms with Gasteiger partial charge in [-0.05, 0) is 29.9 Å². The molecule has 2 nitrogen and oxygen atoms in total. The zero-order chi connectivity index (χ0) is 10.8. The maximum Gasteiger partial charge on any atom is 0.311 e. The largest absolute Gasteiger partial charge is 0.426 e. The van der Waals surface area contributed by atoms with Gasteiger partial charge in [0.15, 0.2) is 0 Å². The molecule has 1 aliphatic heterocycles. The lowest BCUT2D eigenvalue weighted by molar-refractivity contribution is -0.136. The summed E-state index contributed by atoms with van der Waals surface area (Å²) in [4.78, 5) is 11.4. The molecule has 1 atom stereocenters. The summed E-state index contributed by atoms with van der Waals surface area (Å²) in [5.74, 6) is 1.59. The molecular weight excluding hydrogens is 188 g/mol. The molecular formula is C13H16O2. The molecule has 1 unspecified atom stereocenters. The minimum atomic E-state index is -0.0978. The van der Waals surface area contributed by atoms with Crippen LogP contribution in [0.3, 0.4) is 0 Å². The third kappa shape index (κ3) is 2.20. The van der Waals surface area contributed by atoms with Gasteiger partial charge >= 0.3 is 5.97 Å². The van der Waals surface area contributed by atoms with Crippen LogP contribution in [0.15, 0.2) is 24.3 Å². The monoisotopic (exact) mass is 204 g/mol. The van der Waals surface area contributed by atoms with Gasteiger partial charge in [0.05, 0.1) is 6.42 Å². The molecule has 80 valence electrons. The molecule has 1 aromatic carbocycles. The number of rotatable bonds is 2. The Bertz CT molecular complexity index is 369. The van der Waals surface area contributed by atoms with Crippen molar-refractivity contribution >= 4 is 5.97 Å². The Labute approximate surface area is 90.3 Å². The van der Waals surface area contributed by atoms with Crippen LogP contribution in [0, 0.1) is 5.92 Å². The van der Waals surface area contributed by atoms with Crippen LogP contribution in [0.5, 0.6) is 5.75 Å². The Kier molecular flexibility index (Phi) is 2.76. The lowest BCUT2D eigenvalue weighted by Crippen LogP contribution is -2.21. The van der Waals surface area contributed by atoms with Gasteiger partial charge in [-0.1, -0.05) is 32.0 Å². The fourth-order valence-electron chi connectivity index (χ4n) is 2.17. The van der Waals surface area contributed by atoms with E-state index in [-0.39, 0.29) is 5.97 Å². The number of para-hydroxylation sites is 1. The first-order chi connectivity index (χ1) is 7.16. The molecule has 0 saturated carbocycles. The number of hydrogen-bond acceptors (Lipinski definition) is 2. The molecule has 1 aliphatic rings. The average molecular weight is 204 g/mol. The summed E-state index contributed by atoms with van der Waals surface area (Å²) in [6, 6.07) is 7.85. The summed E-state index contributed by atoms with van der Waals surface area (Å²) in [6.07, 6.45) is 1.57. The fourth-order valence-corrected chi connectivity index (χ4v) is 2.17. The third-order valence-electron chi connectivity index (χ3n) is 2.75. The van der Waals surface area contributed by atoms with Crippen LogP contribution in [0.2, 0.25) is 0 Å². The van der Waals surface area contributed by atoms with Gasteiger partial charge in [0.1, 0.15) is 5.75 Å².